The highest BCUT2D eigenvalue weighted by Crippen LogP contribution is 2.26. The first kappa shape index (κ1) is 32.5. The van der Waals surface area contributed by atoms with E-state index in [-0.39, 0.29) is 28.8 Å². The Bertz CT molecular complexity index is 1350. The molecule has 0 fully saturated rings. The van der Waals surface area contributed by atoms with Gasteiger partial charge < -0.3 is 18.9 Å². The van der Waals surface area contributed by atoms with Crippen LogP contribution in [0.2, 0.25) is 0 Å². The van der Waals surface area contributed by atoms with E-state index in [1.165, 1.54) is 30.3 Å². The van der Waals surface area contributed by atoms with Crippen LogP contribution in [0.25, 0.3) is 0 Å². The Labute approximate surface area is 254 Å². The molecule has 0 aliphatic rings. The first-order valence-corrected chi connectivity index (χ1v) is 15.1. The van der Waals surface area contributed by atoms with Crippen molar-refractivity contribution in [3.8, 4) is 23.0 Å². The van der Waals surface area contributed by atoms with E-state index in [0.717, 1.165) is 43.9 Å². The molecule has 0 amide bonds. The fourth-order valence-electron chi connectivity index (χ4n) is 3.87. The summed E-state index contributed by atoms with van der Waals surface area (Å²) in [6.45, 7) is 3.79. The van der Waals surface area contributed by atoms with E-state index in [9.17, 15) is 19.2 Å². The molecule has 3 aromatic carbocycles. The largest absolute Gasteiger partial charge is 0.427 e. The van der Waals surface area contributed by atoms with E-state index in [1.54, 1.807) is 43.3 Å². The molecule has 9 heteroatoms. The number of alkyl halides is 1. The quantitative estimate of drug-likeness (QED) is 0.0719. The highest BCUT2D eigenvalue weighted by atomic mass is 79.9. The maximum Gasteiger partial charge on any atom is 0.343 e. The van der Waals surface area contributed by atoms with Crippen LogP contribution in [0.3, 0.4) is 0 Å². The van der Waals surface area contributed by atoms with Gasteiger partial charge in [0.05, 0.1) is 11.1 Å². The molecule has 0 N–H and O–H groups in total. The summed E-state index contributed by atoms with van der Waals surface area (Å²) in [5, 5.41) is 0.910. The van der Waals surface area contributed by atoms with Gasteiger partial charge in [-0.3, -0.25) is 9.59 Å². The van der Waals surface area contributed by atoms with Crippen molar-refractivity contribution >= 4 is 39.8 Å². The van der Waals surface area contributed by atoms with Gasteiger partial charge in [-0.25, -0.2) is 9.59 Å². The number of hydrogen-bond acceptors (Lipinski definition) is 8. The Kier molecular flexibility index (Phi) is 13.2. The van der Waals surface area contributed by atoms with Gasteiger partial charge in [0.1, 0.15) is 23.0 Å². The van der Waals surface area contributed by atoms with Crippen molar-refractivity contribution in [3.05, 3.63) is 83.4 Å². The lowest BCUT2D eigenvalue weighted by Crippen LogP contribution is -2.11. The molecule has 42 heavy (non-hydrogen) atoms. The van der Waals surface area contributed by atoms with E-state index in [0.29, 0.717) is 35.7 Å². The Hall–Kier alpha value is -3.98. The van der Waals surface area contributed by atoms with Crippen LogP contribution in [0.1, 0.15) is 84.6 Å². The van der Waals surface area contributed by atoms with Crippen LogP contribution >= 0.6 is 15.9 Å². The van der Waals surface area contributed by atoms with Crippen LogP contribution in [0, 0.1) is 6.92 Å². The van der Waals surface area contributed by atoms with Crippen molar-refractivity contribution in [1.82, 2.24) is 0 Å². The summed E-state index contributed by atoms with van der Waals surface area (Å²) in [4.78, 5) is 49.1. The molecule has 0 saturated carbocycles. The van der Waals surface area contributed by atoms with Gasteiger partial charge in [-0.05, 0) is 98.5 Å². The third kappa shape index (κ3) is 10.8. The molecule has 0 bridgehead atoms. The first-order chi connectivity index (χ1) is 20.3. The zero-order valence-electron chi connectivity index (χ0n) is 23.9. The number of carbonyl (C=O) groups is 4. The summed E-state index contributed by atoms with van der Waals surface area (Å²) in [7, 11) is 0. The fraction of sp³-hybridized carbons (Fsp3) is 0.333. The maximum atomic E-state index is 12.7. The second-order valence-corrected chi connectivity index (χ2v) is 10.5. The van der Waals surface area contributed by atoms with Gasteiger partial charge in [-0.15, -0.1) is 0 Å². The molecule has 0 radical (unpaired) electrons. The average molecular weight is 640 g/mol. The topological polar surface area (TPSA) is 105 Å². The number of ether oxygens (including phenoxy) is 4. The van der Waals surface area contributed by atoms with Crippen molar-refractivity contribution in [2.24, 2.45) is 0 Å². The minimum absolute atomic E-state index is 0.280. The van der Waals surface area contributed by atoms with Crippen molar-refractivity contribution in [1.29, 1.82) is 0 Å². The number of hydrogen-bond donors (Lipinski definition) is 0. The van der Waals surface area contributed by atoms with E-state index >= 15 is 0 Å². The van der Waals surface area contributed by atoms with Gasteiger partial charge in [0.15, 0.2) is 0 Å². The second-order valence-electron chi connectivity index (χ2n) is 9.66. The minimum Gasteiger partial charge on any atom is -0.427 e. The van der Waals surface area contributed by atoms with Crippen molar-refractivity contribution in [2.45, 2.75) is 65.2 Å². The number of carbonyl (C=O) groups excluding carboxylic acids is 4. The summed E-state index contributed by atoms with van der Waals surface area (Å²) in [5.41, 5.74) is 1.17. The Morgan fingerprint density at radius 3 is 1.60 bits per heavy atom. The molecule has 8 nitrogen and oxygen atoms in total. The molecular weight excluding hydrogens is 604 g/mol. The SMILES string of the molecule is CCCCCC(=O)Oc1ccc(C(=O)Oc2ccc(OC(=O)c3ccc(OC(=O)CCCCCBr)cc3)c(C)c2)cc1. The van der Waals surface area contributed by atoms with Gasteiger partial charge in [-0.1, -0.05) is 42.1 Å². The zero-order valence-corrected chi connectivity index (χ0v) is 25.4. The Morgan fingerprint density at radius 2 is 1.10 bits per heavy atom. The predicted octanol–water partition coefficient (Wildman–Crippen LogP) is 7.78. The second kappa shape index (κ2) is 17.1. The van der Waals surface area contributed by atoms with Crippen molar-refractivity contribution < 1.29 is 38.1 Å². The van der Waals surface area contributed by atoms with Crippen LogP contribution in [0.5, 0.6) is 23.0 Å². The lowest BCUT2D eigenvalue weighted by Gasteiger charge is -2.11. The summed E-state index contributed by atoms with van der Waals surface area (Å²) in [6.07, 6.45) is 6.17. The Morgan fingerprint density at radius 1 is 0.595 bits per heavy atom. The van der Waals surface area contributed by atoms with E-state index in [4.69, 9.17) is 18.9 Å². The minimum atomic E-state index is -0.584. The first-order valence-electron chi connectivity index (χ1n) is 14.0. The van der Waals surface area contributed by atoms with Crippen LogP contribution in [0.15, 0.2) is 66.7 Å². The standard InChI is InChI=1S/C33H35BrO8/c1-3-4-6-9-30(35)39-26-15-11-24(12-16-26)32(37)41-28-19-20-29(23(2)22-28)42-33(38)25-13-17-27(18-14-25)40-31(36)10-7-5-8-21-34/h11-20,22H,3-10,21H2,1-2H3. The van der Waals surface area contributed by atoms with Gasteiger partial charge in [0.2, 0.25) is 0 Å². The summed E-state index contributed by atoms with van der Waals surface area (Å²) < 4.78 is 21.6. The van der Waals surface area contributed by atoms with Gasteiger partial charge in [-0.2, -0.15) is 0 Å². The summed E-state index contributed by atoms with van der Waals surface area (Å²) in [6, 6.07) is 17.0. The molecule has 0 atom stereocenters. The lowest BCUT2D eigenvalue weighted by atomic mass is 10.2. The molecule has 3 aromatic rings. The molecule has 222 valence electrons. The average Bonchev–Trinajstić information content (AvgIpc) is 2.97. The molecule has 0 heterocycles. The fourth-order valence-corrected chi connectivity index (χ4v) is 4.26. The number of unbranched alkanes of at least 4 members (excludes halogenated alkanes) is 4. The number of esters is 4. The molecule has 0 aromatic heterocycles. The predicted molar refractivity (Wildman–Crippen MR) is 162 cm³/mol. The number of aryl methyl sites for hydroxylation is 1. The highest BCUT2D eigenvalue weighted by Gasteiger charge is 2.15. The molecule has 0 aliphatic heterocycles. The van der Waals surface area contributed by atoms with Crippen molar-refractivity contribution in [3.63, 3.8) is 0 Å². The van der Waals surface area contributed by atoms with Crippen LogP contribution < -0.4 is 18.9 Å². The van der Waals surface area contributed by atoms with Crippen LogP contribution in [-0.2, 0) is 9.59 Å². The summed E-state index contributed by atoms with van der Waals surface area (Å²) in [5.74, 6) is -0.473. The smallest absolute Gasteiger partial charge is 0.343 e. The molecule has 0 spiro atoms. The van der Waals surface area contributed by atoms with E-state index < -0.39 is 11.9 Å². The van der Waals surface area contributed by atoms with Gasteiger partial charge in [0, 0.05) is 18.2 Å². The molecule has 0 unspecified atom stereocenters. The van der Waals surface area contributed by atoms with E-state index in [1.807, 2.05) is 0 Å². The van der Waals surface area contributed by atoms with Crippen molar-refractivity contribution in [2.75, 3.05) is 5.33 Å². The summed E-state index contributed by atoms with van der Waals surface area (Å²) >= 11 is 3.36. The van der Waals surface area contributed by atoms with E-state index in [2.05, 4.69) is 22.9 Å². The number of rotatable bonds is 15. The number of halogens is 1. The lowest BCUT2D eigenvalue weighted by molar-refractivity contribution is -0.135. The number of benzene rings is 3. The third-order valence-electron chi connectivity index (χ3n) is 6.20. The normalized spacial score (nSPS) is 10.5. The molecular formula is C33H35BrO8. The zero-order chi connectivity index (χ0) is 30.3. The van der Waals surface area contributed by atoms with Gasteiger partial charge in [0.25, 0.3) is 0 Å². The third-order valence-corrected chi connectivity index (χ3v) is 6.76. The molecule has 3 rings (SSSR count). The van der Waals surface area contributed by atoms with Crippen LogP contribution in [0.4, 0.5) is 0 Å². The highest BCUT2D eigenvalue weighted by molar-refractivity contribution is 9.09. The molecule has 0 saturated heterocycles. The van der Waals surface area contributed by atoms with Crippen LogP contribution in [-0.4, -0.2) is 29.2 Å². The Balaban J connectivity index is 1.50. The molecule has 0 aliphatic carbocycles. The monoisotopic (exact) mass is 638 g/mol. The van der Waals surface area contributed by atoms with Gasteiger partial charge >= 0.3 is 23.9 Å². The maximum absolute atomic E-state index is 12.7.